The van der Waals surface area contributed by atoms with Crippen molar-refractivity contribution < 1.29 is 4.79 Å². The maximum absolute atomic E-state index is 11.9. The maximum Gasteiger partial charge on any atom is 0.254 e. The number of halogens is 1. The number of carbonyl (C=O) groups excluding carboxylic acids is 1. The number of pyridine rings is 1. The van der Waals surface area contributed by atoms with E-state index in [1.807, 2.05) is 18.7 Å². The fourth-order valence-corrected chi connectivity index (χ4v) is 2.35. The lowest BCUT2D eigenvalue weighted by Gasteiger charge is -2.13. The predicted octanol–water partition coefficient (Wildman–Crippen LogP) is 3.00. The van der Waals surface area contributed by atoms with Crippen LogP contribution in [0, 0.1) is 0 Å². The van der Waals surface area contributed by atoms with E-state index in [1.165, 1.54) is 0 Å². The summed E-state index contributed by atoms with van der Waals surface area (Å²) in [5, 5.41) is 3.17. The molecule has 1 amide bonds. The Labute approximate surface area is 111 Å². The van der Waals surface area contributed by atoms with Crippen LogP contribution >= 0.6 is 23.4 Å². The van der Waals surface area contributed by atoms with E-state index in [1.54, 1.807) is 18.3 Å². The summed E-state index contributed by atoms with van der Waals surface area (Å²) in [6.07, 6.45) is 2.53. The van der Waals surface area contributed by atoms with Gasteiger partial charge in [0.25, 0.3) is 5.91 Å². The molecule has 17 heavy (non-hydrogen) atoms. The van der Waals surface area contributed by atoms with Gasteiger partial charge in [-0.25, -0.2) is 4.98 Å². The first-order valence-corrected chi connectivity index (χ1v) is 7.17. The Morgan fingerprint density at radius 1 is 1.65 bits per heavy atom. The molecule has 1 unspecified atom stereocenters. The van der Waals surface area contributed by atoms with Crippen molar-refractivity contribution in [3.05, 3.63) is 29.0 Å². The molecule has 1 aromatic rings. The van der Waals surface area contributed by atoms with E-state index in [9.17, 15) is 4.79 Å². The zero-order valence-electron chi connectivity index (χ0n) is 10.1. The second kappa shape index (κ2) is 7.56. The summed E-state index contributed by atoms with van der Waals surface area (Å²) in [7, 11) is 0. The molecular formula is C12H17ClN2OS. The average molecular weight is 273 g/mol. The Morgan fingerprint density at radius 3 is 3.06 bits per heavy atom. The van der Waals surface area contributed by atoms with E-state index in [0.29, 0.717) is 5.56 Å². The highest BCUT2D eigenvalue weighted by molar-refractivity contribution is 7.99. The van der Waals surface area contributed by atoms with Crippen molar-refractivity contribution in [2.75, 3.05) is 11.5 Å². The van der Waals surface area contributed by atoms with Crippen LogP contribution in [0.15, 0.2) is 18.3 Å². The predicted molar refractivity (Wildman–Crippen MR) is 73.8 cm³/mol. The quantitative estimate of drug-likeness (QED) is 0.639. The van der Waals surface area contributed by atoms with Crippen molar-refractivity contribution in [1.29, 1.82) is 0 Å². The molecule has 0 bridgehead atoms. The number of carbonyl (C=O) groups is 1. The smallest absolute Gasteiger partial charge is 0.254 e. The van der Waals surface area contributed by atoms with Crippen LogP contribution in [0.25, 0.3) is 0 Å². The third-order valence-corrected chi connectivity index (χ3v) is 3.51. The van der Waals surface area contributed by atoms with Crippen molar-refractivity contribution in [2.24, 2.45) is 0 Å². The monoisotopic (exact) mass is 272 g/mol. The molecule has 0 aromatic carbocycles. The molecule has 1 N–H and O–H groups in total. The van der Waals surface area contributed by atoms with Gasteiger partial charge in [-0.2, -0.15) is 11.8 Å². The third kappa shape index (κ3) is 4.96. The van der Waals surface area contributed by atoms with Gasteiger partial charge in [0.1, 0.15) is 5.15 Å². The topological polar surface area (TPSA) is 42.0 Å². The van der Waals surface area contributed by atoms with Gasteiger partial charge in [-0.3, -0.25) is 4.79 Å². The van der Waals surface area contributed by atoms with Crippen molar-refractivity contribution in [3.8, 4) is 0 Å². The first kappa shape index (κ1) is 14.3. The van der Waals surface area contributed by atoms with Crippen LogP contribution in [-0.4, -0.2) is 28.4 Å². The molecule has 0 saturated heterocycles. The fourth-order valence-electron chi connectivity index (χ4n) is 1.33. The molecule has 0 aliphatic carbocycles. The largest absolute Gasteiger partial charge is 0.349 e. The van der Waals surface area contributed by atoms with Crippen LogP contribution in [0.2, 0.25) is 5.15 Å². The highest BCUT2D eigenvalue weighted by atomic mass is 35.5. The second-order valence-electron chi connectivity index (χ2n) is 3.70. The van der Waals surface area contributed by atoms with Gasteiger partial charge in [0.15, 0.2) is 0 Å². The minimum absolute atomic E-state index is 0.151. The van der Waals surface area contributed by atoms with Gasteiger partial charge in [0.05, 0.1) is 5.56 Å². The standard InChI is InChI=1S/C12H17ClN2OS/c1-3-17-8-6-9(2)15-12(16)10-5-4-7-14-11(10)13/h4-5,7,9H,3,6,8H2,1-2H3,(H,15,16). The van der Waals surface area contributed by atoms with Gasteiger partial charge in [0.2, 0.25) is 0 Å². The van der Waals surface area contributed by atoms with Gasteiger partial charge in [-0.1, -0.05) is 18.5 Å². The van der Waals surface area contributed by atoms with Gasteiger partial charge >= 0.3 is 0 Å². The molecule has 0 radical (unpaired) electrons. The fraction of sp³-hybridized carbons (Fsp3) is 0.500. The Morgan fingerprint density at radius 2 is 2.41 bits per heavy atom. The Hall–Kier alpha value is -0.740. The number of hydrogen-bond donors (Lipinski definition) is 1. The minimum Gasteiger partial charge on any atom is -0.349 e. The molecule has 0 aliphatic rings. The molecule has 5 heteroatoms. The number of amides is 1. The summed E-state index contributed by atoms with van der Waals surface area (Å²) < 4.78 is 0. The van der Waals surface area contributed by atoms with Gasteiger partial charge in [-0.15, -0.1) is 0 Å². The summed E-state index contributed by atoms with van der Waals surface area (Å²) in [5.41, 5.74) is 0.434. The van der Waals surface area contributed by atoms with Crippen LogP contribution in [0.5, 0.6) is 0 Å². The molecular weight excluding hydrogens is 256 g/mol. The number of nitrogens with zero attached hydrogens (tertiary/aromatic N) is 1. The molecule has 0 aliphatic heterocycles. The molecule has 94 valence electrons. The molecule has 3 nitrogen and oxygen atoms in total. The number of rotatable bonds is 6. The highest BCUT2D eigenvalue weighted by Gasteiger charge is 2.12. The molecule has 1 atom stereocenters. The van der Waals surface area contributed by atoms with E-state index in [-0.39, 0.29) is 17.1 Å². The summed E-state index contributed by atoms with van der Waals surface area (Å²) in [5.74, 6) is 2.01. The van der Waals surface area contributed by atoms with Crippen molar-refractivity contribution in [2.45, 2.75) is 26.3 Å². The number of thioether (sulfide) groups is 1. The molecule has 0 saturated carbocycles. The number of aromatic nitrogens is 1. The van der Waals surface area contributed by atoms with E-state index >= 15 is 0 Å². The lowest BCUT2D eigenvalue weighted by atomic mass is 10.2. The number of nitrogens with one attached hydrogen (secondary N) is 1. The second-order valence-corrected chi connectivity index (χ2v) is 5.45. The lowest BCUT2D eigenvalue weighted by molar-refractivity contribution is 0.0939. The van der Waals surface area contributed by atoms with Crippen LogP contribution < -0.4 is 5.32 Å². The van der Waals surface area contributed by atoms with E-state index in [0.717, 1.165) is 17.9 Å². The van der Waals surface area contributed by atoms with E-state index in [4.69, 9.17) is 11.6 Å². The first-order chi connectivity index (χ1) is 8.15. The van der Waals surface area contributed by atoms with Crippen molar-refractivity contribution in [3.63, 3.8) is 0 Å². The van der Waals surface area contributed by atoms with Gasteiger partial charge < -0.3 is 5.32 Å². The highest BCUT2D eigenvalue weighted by Crippen LogP contribution is 2.12. The molecule has 1 rings (SSSR count). The Bertz CT molecular complexity index is 373. The summed E-state index contributed by atoms with van der Waals surface area (Å²) in [6.45, 7) is 4.13. The molecule has 0 fully saturated rings. The summed E-state index contributed by atoms with van der Waals surface area (Å²) in [6, 6.07) is 3.54. The third-order valence-electron chi connectivity index (χ3n) is 2.28. The van der Waals surface area contributed by atoms with Crippen molar-refractivity contribution in [1.82, 2.24) is 10.3 Å². The lowest BCUT2D eigenvalue weighted by Crippen LogP contribution is -2.33. The summed E-state index contributed by atoms with van der Waals surface area (Å²) >= 11 is 7.73. The zero-order chi connectivity index (χ0) is 12.7. The first-order valence-electron chi connectivity index (χ1n) is 5.64. The molecule has 1 aromatic heterocycles. The normalized spacial score (nSPS) is 12.2. The van der Waals surface area contributed by atoms with E-state index < -0.39 is 0 Å². The summed E-state index contributed by atoms with van der Waals surface area (Å²) in [4.78, 5) is 15.7. The van der Waals surface area contributed by atoms with Gasteiger partial charge in [0, 0.05) is 12.2 Å². The van der Waals surface area contributed by atoms with Crippen LogP contribution in [0.1, 0.15) is 30.6 Å². The van der Waals surface area contributed by atoms with Crippen LogP contribution in [0.3, 0.4) is 0 Å². The minimum atomic E-state index is -0.155. The Kier molecular flexibility index (Phi) is 6.37. The number of hydrogen-bond acceptors (Lipinski definition) is 3. The zero-order valence-corrected chi connectivity index (χ0v) is 11.6. The molecule has 1 heterocycles. The van der Waals surface area contributed by atoms with Crippen molar-refractivity contribution >= 4 is 29.3 Å². The average Bonchev–Trinajstić information content (AvgIpc) is 2.29. The molecule has 0 spiro atoms. The van der Waals surface area contributed by atoms with Gasteiger partial charge in [-0.05, 0) is 37.0 Å². The SMILES string of the molecule is CCSCCC(C)NC(=O)c1cccnc1Cl. The Balaban J connectivity index is 2.46. The van der Waals surface area contributed by atoms with Crippen LogP contribution in [-0.2, 0) is 0 Å². The van der Waals surface area contributed by atoms with Crippen LogP contribution in [0.4, 0.5) is 0 Å². The van der Waals surface area contributed by atoms with E-state index in [2.05, 4.69) is 17.2 Å². The maximum atomic E-state index is 11.9.